The van der Waals surface area contributed by atoms with Gasteiger partial charge in [0.15, 0.2) is 6.61 Å². The third-order valence-corrected chi connectivity index (χ3v) is 2.97. The number of nitrogens with zero attached hydrogens (tertiary/aromatic N) is 1. The Morgan fingerprint density at radius 2 is 2.10 bits per heavy atom. The van der Waals surface area contributed by atoms with Gasteiger partial charge in [-0.2, -0.15) is 0 Å². The third kappa shape index (κ3) is 5.03. The Bertz CT molecular complexity index is 504. The lowest BCUT2D eigenvalue weighted by molar-refractivity contribution is -0.136. The van der Waals surface area contributed by atoms with E-state index in [4.69, 9.17) is 9.47 Å². The first kappa shape index (κ1) is 15.2. The Labute approximate surface area is 121 Å². The summed E-state index contributed by atoms with van der Waals surface area (Å²) in [5.74, 6) is -0.752. The molecule has 1 aliphatic rings. The number of benzene rings is 1. The van der Waals surface area contributed by atoms with Crippen molar-refractivity contribution in [1.29, 1.82) is 0 Å². The van der Waals surface area contributed by atoms with Crippen LogP contribution in [0.25, 0.3) is 0 Å². The van der Waals surface area contributed by atoms with Crippen molar-refractivity contribution in [3.8, 4) is 5.75 Å². The van der Waals surface area contributed by atoms with Crippen molar-refractivity contribution in [3.05, 3.63) is 30.1 Å². The van der Waals surface area contributed by atoms with Crippen molar-refractivity contribution in [3.63, 3.8) is 0 Å². The molecule has 1 heterocycles. The van der Waals surface area contributed by atoms with Crippen LogP contribution in [0.2, 0.25) is 0 Å². The number of amides is 2. The molecule has 0 bridgehead atoms. The molecule has 1 aromatic rings. The van der Waals surface area contributed by atoms with Crippen molar-refractivity contribution in [2.24, 2.45) is 0 Å². The van der Waals surface area contributed by atoms with Crippen molar-refractivity contribution < 1.29 is 23.5 Å². The third-order valence-electron chi connectivity index (χ3n) is 2.97. The van der Waals surface area contributed by atoms with Crippen LogP contribution in [0.3, 0.4) is 0 Å². The van der Waals surface area contributed by atoms with E-state index in [1.54, 1.807) is 11.0 Å². The summed E-state index contributed by atoms with van der Waals surface area (Å²) in [6.07, 6.45) is 0. The molecule has 0 radical (unpaired) electrons. The number of halogens is 1. The summed E-state index contributed by atoms with van der Waals surface area (Å²) < 4.78 is 23.2. The summed E-state index contributed by atoms with van der Waals surface area (Å²) in [4.78, 5) is 25.0. The van der Waals surface area contributed by atoms with Gasteiger partial charge in [-0.15, -0.1) is 0 Å². The summed E-state index contributed by atoms with van der Waals surface area (Å²) >= 11 is 0. The second-order valence-corrected chi connectivity index (χ2v) is 4.52. The minimum Gasteiger partial charge on any atom is -0.484 e. The molecule has 1 aromatic carbocycles. The highest BCUT2D eigenvalue weighted by atomic mass is 19.1. The number of morpholine rings is 1. The van der Waals surface area contributed by atoms with Crippen LogP contribution in [0.5, 0.6) is 5.75 Å². The van der Waals surface area contributed by atoms with Crippen LogP contribution in [0.15, 0.2) is 24.3 Å². The second-order valence-electron chi connectivity index (χ2n) is 4.52. The summed E-state index contributed by atoms with van der Waals surface area (Å²) in [5, 5.41) is 2.47. The predicted octanol–water partition coefficient (Wildman–Crippen LogP) is 0.179. The van der Waals surface area contributed by atoms with E-state index in [9.17, 15) is 14.0 Å². The van der Waals surface area contributed by atoms with Crippen LogP contribution in [-0.2, 0) is 14.3 Å². The standard InChI is InChI=1S/C14H17FN2O4/c15-11-2-1-3-12(8-11)21-10-13(18)16-9-14(19)17-4-6-20-7-5-17/h1-3,8H,4-7,9-10H2,(H,16,18). The molecule has 1 aliphatic heterocycles. The van der Waals surface area contributed by atoms with Crippen LogP contribution in [0.4, 0.5) is 4.39 Å². The quantitative estimate of drug-likeness (QED) is 0.841. The predicted molar refractivity (Wildman–Crippen MR) is 72.3 cm³/mol. The maximum atomic E-state index is 12.9. The Balaban J connectivity index is 1.68. The molecule has 1 saturated heterocycles. The molecule has 0 aliphatic carbocycles. The first-order valence-electron chi connectivity index (χ1n) is 6.66. The Morgan fingerprint density at radius 1 is 1.33 bits per heavy atom. The SMILES string of the molecule is O=C(COc1cccc(F)c1)NCC(=O)N1CCOCC1. The molecule has 0 atom stereocenters. The lowest BCUT2D eigenvalue weighted by atomic mass is 10.3. The molecule has 0 saturated carbocycles. The fraction of sp³-hybridized carbons (Fsp3) is 0.429. The molecule has 1 fully saturated rings. The zero-order chi connectivity index (χ0) is 15.1. The molecule has 2 rings (SSSR count). The summed E-state index contributed by atoms with van der Waals surface area (Å²) in [5.41, 5.74) is 0. The van der Waals surface area contributed by atoms with Gasteiger partial charge >= 0.3 is 0 Å². The van der Waals surface area contributed by atoms with E-state index in [1.165, 1.54) is 18.2 Å². The highest BCUT2D eigenvalue weighted by Gasteiger charge is 2.17. The largest absolute Gasteiger partial charge is 0.484 e. The molecule has 7 heteroatoms. The minimum absolute atomic E-state index is 0.0780. The summed E-state index contributed by atoms with van der Waals surface area (Å²) in [6, 6.07) is 5.51. The smallest absolute Gasteiger partial charge is 0.258 e. The fourth-order valence-electron chi connectivity index (χ4n) is 1.86. The minimum atomic E-state index is -0.435. The first-order valence-corrected chi connectivity index (χ1v) is 6.66. The van der Waals surface area contributed by atoms with Gasteiger partial charge in [0.1, 0.15) is 11.6 Å². The van der Waals surface area contributed by atoms with E-state index in [1.807, 2.05) is 0 Å². The maximum absolute atomic E-state index is 12.9. The number of hydrogen-bond donors (Lipinski definition) is 1. The van der Waals surface area contributed by atoms with Gasteiger partial charge in [0.05, 0.1) is 19.8 Å². The summed E-state index contributed by atoms with van der Waals surface area (Å²) in [6.45, 7) is 1.76. The van der Waals surface area contributed by atoms with Gasteiger partial charge in [-0.25, -0.2) is 4.39 Å². The fourth-order valence-corrected chi connectivity index (χ4v) is 1.86. The summed E-state index contributed by atoms with van der Waals surface area (Å²) in [7, 11) is 0. The van der Waals surface area contributed by atoms with E-state index >= 15 is 0 Å². The average molecular weight is 296 g/mol. The molecular weight excluding hydrogens is 279 g/mol. The Kier molecular flexibility index (Phi) is 5.51. The monoisotopic (exact) mass is 296 g/mol. The van der Waals surface area contributed by atoms with Gasteiger partial charge < -0.3 is 19.7 Å². The number of nitrogens with one attached hydrogen (secondary N) is 1. The van der Waals surface area contributed by atoms with Crippen LogP contribution >= 0.6 is 0 Å². The van der Waals surface area contributed by atoms with Crippen LogP contribution in [0, 0.1) is 5.82 Å². The zero-order valence-corrected chi connectivity index (χ0v) is 11.5. The van der Waals surface area contributed by atoms with Gasteiger partial charge in [0.25, 0.3) is 5.91 Å². The molecule has 1 N–H and O–H groups in total. The number of carbonyl (C=O) groups excluding carboxylic acids is 2. The molecule has 21 heavy (non-hydrogen) atoms. The molecule has 0 unspecified atom stereocenters. The molecular formula is C14H17FN2O4. The van der Waals surface area contributed by atoms with Crippen molar-refractivity contribution >= 4 is 11.8 Å². The van der Waals surface area contributed by atoms with Crippen LogP contribution in [0.1, 0.15) is 0 Å². The molecule has 0 aromatic heterocycles. The molecule has 114 valence electrons. The number of rotatable bonds is 5. The van der Waals surface area contributed by atoms with Gasteiger partial charge in [-0.3, -0.25) is 9.59 Å². The van der Waals surface area contributed by atoms with Crippen LogP contribution in [-0.4, -0.2) is 56.2 Å². The van der Waals surface area contributed by atoms with Gasteiger partial charge in [0, 0.05) is 19.2 Å². The maximum Gasteiger partial charge on any atom is 0.258 e. The lowest BCUT2D eigenvalue weighted by Crippen LogP contribution is -2.46. The van der Waals surface area contributed by atoms with Crippen molar-refractivity contribution in [2.75, 3.05) is 39.5 Å². The van der Waals surface area contributed by atoms with E-state index in [2.05, 4.69) is 5.32 Å². The van der Waals surface area contributed by atoms with Crippen molar-refractivity contribution in [2.45, 2.75) is 0 Å². The van der Waals surface area contributed by atoms with Crippen LogP contribution < -0.4 is 10.1 Å². The van der Waals surface area contributed by atoms with E-state index in [0.29, 0.717) is 26.3 Å². The van der Waals surface area contributed by atoms with Gasteiger partial charge in [0.2, 0.25) is 5.91 Å². The van der Waals surface area contributed by atoms with Gasteiger partial charge in [-0.05, 0) is 12.1 Å². The number of hydrogen-bond acceptors (Lipinski definition) is 4. The van der Waals surface area contributed by atoms with E-state index < -0.39 is 11.7 Å². The second kappa shape index (κ2) is 7.58. The highest BCUT2D eigenvalue weighted by molar-refractivity contribution is 5.85. The highest BCUT2D eigenvalue weighted by Crippen LogP contribution is 2.11. The first-order chi connectivity index (χ1) is 10.1. The topological polar surface area (TPSA) is 67.9 Å². The average Bonchev–Trinajstić information content (AvgIpc) is 2.51. The van der Waals surface area contributed by atoms with E-state index in [-0.39, 0.29) is 24.8 Å². The number of carbonyl (C=O) groups is 2. The van der Waals surface area contributed by atoms with Crippen molar-refractivity contribution in [1.82, 2.24) is 10.2 Å². The number of ether oxygens (including phenoxy) is 2. The molecule has 2 amide bonds. The van der Waals surface area contributed by atoms with Gasteiger partial charge in [-0.1, -0.05) is 6.07 Å². The Hall–Kier alpha value is -2.15. The Morgan fingerprint density at radius 3 is 2.81 bits per heavy atom. The molecule has 6 nitrogen and oxygen atoms in total. The lowest BCUT2D eigenvalue weighted by Gasteiger charge is -2.26. The normalized spacial score (nSPS) is 14.6. The van der Waals surface area contributed by atoms with E-state index in [0.717, 1.165) is 0 Å². The zero-order valence-electron chi connectivity index (χ0n) is 11.5. The molecule has 0 spiro atoms.